The largest absolute Gasteiger partial charge is 0.491 e. The van der Waals surface area contributed by atoms with E-state index in [1.807, 2.05) is 0 Å². The van der Waals surface area contributed by atoms with Crippen LogP contribution in [-0.4, -0.2) is 59.1 Å². The molecule has 34 heavy (non-hydrogen) atoms. The molecule has 0 aliphatic carbocycles. The van der Waals surface area contributed by atoms with E-state index in [1.165, 1.54) is 6.07 Å². The number of aliphatic hydroxyl groups is 1. The van der Waals surface area contributed by atoms with Gasteiger partial charge in [-0.2, -0.15) is 13.2 Å². The van der Waals surface area contributed by atoms with Crippen LogP contribution >= 0.6 is 11.6 Å². The Kier molecular flexibility index (Phi) is 7.36. The molecule has 14 heteroatoms. The van der Waals surface area contributed by atoms with Crippen LogP contribution in [0.15, 0.2) is 24.3 Å². The lowest BCUT2D eigenvalue weighted by atomic mass is 9.84. The van der Waals surface area contributed by atoms with Crippen LogP contribution in [0.3, 0.4) is 0 Å². The number of rotatable bonds is 7. The van der Waals surface area contributed by atoms with Crippen molar-refractivity contribution in [2.75, 3.05) is 25.1 Å². The first kappa shape index (κ1) is 25.3. The second kappa shape index (κ2) is 9.89. The number of halogens is 5. The first-order valence-corrected chi connectivity index (χ1v) is 10.0. The molecule has 2 aromatic rings. The average Bonchev–Trinajstić information content (AvgIpc) is 3.15. The number of hydrogen-bond acceptors (Lipinski definition) is 9. The molecule has 1 fully saturated rings. The Labute approximate surface area is 194 Å². The highest BCUT2D eigenvalue weighted by Gasteiger charge is 2.44. The smallest absolute Gasteiger partial charge is 0.465 e. The fourth-order valence-corrected chi connectivity index (χ4v) is 3.34. The Hall–Kier alpha value is -3.32. The van der Waals surface area contributed by atoms with Gasteiger partial charge in [0.05, 0.1) is 24.3 Å². The summed E-state index contributed by atoms with van der Waals surface area (Å²) in [5.74, 6) is -6.31. The summed E-state index contributed by atoms with van der Waals surface area (Å²) in [6.07, 6.45) is -5.19. The van der Waals surface area contributed by atoms with E-state index in [1.54, 1.807) is 0 Å². The molecule has 1 aromatic heterocycles. The van der Waals surface area contributed by atoms with Crippen molar-refractivity contribution in [2.24, 2.45) is 5.41 Å². The molecule has 2 N–H and O–H groups in total. The van der Waals surface area contributed by atoms with Crippen LogP contribution in [0.2, 0.25) is 5.02 Å². The van der Waals surface area contributed by atoms with E-state index in [0.717, 1.165) is 18.2 Å². The van der Waals surface area contributed by atoms with Gasteiger partial charge in [0.2, 0.25) is 0 Å². The Bertz CT molecular complexity index is 1130. The van der Waals surface area contributed by atoms with E-state index < -0.39 is 53.3 Å². The molecule has 0 saturated carbocycles. The topological polar surface area (TPSA) is 128 Å². The van der Waals surface area contributed by atoms with Gasteiger partial charge in [0.1, 0.15) is 11.4 Å². The molecule has 182 valence electrons. The summed E-state index contributed by atoms with van der Waals surface area (Å²) in [6, 6.07) is 4.28. The van der Waals surface area contributed by atoms with E-state index in [0.29, 0.717) is 0 Å². The summed E-state index contributed by atoms with van der Waals surface area (Å²) in [5.41, 5.74) is -2.34. The molecule has 3 rings (SSSR count). The number of aliphatic hydroxyl groups excluding tert-OH is 1. The van der Waals surface area contributed by atoms with Gasteiger partial charge in [-0.1, -0.05) is 11.6 Å². The SMILES string of the molecule is O=C(OC(=O)C(F)(F)F)c1cc(-c2cc(Cl)ccc2F)nnc1NCCC1(CO)CCOC1=O. The van der Waals surface area contributed by atoms with E-state index in [-0.39, 0.29) is 42.3 Å². The second-order valence-corrected chi connectivity index (χ2v) is 7.73. The first-order chi connectivity index (χ1) is 16.0. The number of anilines is 1. The molecule has 1 aliphatic rings. The van der Waals surface area contributed by atoms with Gasteiger partial charge in [0, 0.05) is 17.1 Å². The number of carbonyl (C=O) groups is 3. The van der Waals surface area contributed by atoms with Crippen molar-refractivity contribution in [1.29, 1.82) is 0 Å². The van der Waals surface area contributed by atoms with Crippen LogP contribution in [0.25, 0.3) is 11.3 Å². The summed E-state index contributed by atoms with van der Waals surface area (Å²) < 4.78 is 60.6. The van der Waals surface area contributed by atoms with Crippen molar-refractivity contribution in [3.05, 3.63) is 40.7 Å². The van der Waals surface area contributed by atoms with Gasteiger partial charge in [-0.25, -0.2) is 14.0 Å². The molecule has 0 spiro atoms. The van der Waals surface area contributed by atoms with Crippen molar-refractivity contribution in [3.8, 4) is 11.3 Å². The molecule has 0 radical (unpaired) electrons. The second-order valence-electron chi connectivity index (χ2n) is 7.29. The van der Waals surface area contributed by atoms with E-state index >= 15 is 0 Å². The third-order valence-corrected chi connectivity index (χ3v) is 5.32. The first-order valence-electron chi connectivity index (χ1n) is 9.65. The van der Waals surface area contributed by atoms with Crippen LogP contribution in [0.1, 0.15) is 23.2 Å². The highest BCUT2D eigenvalue weighted by atomic mass is 35.5. The van der Waals surface area contributed by atoms with E-state index in [9.17, 15) is 37.1 Å². The maximum atomic E-state index is 14.2. The molecular formula is C20H16ClF4N3O6. The minimum absolute atomic E-state index is 0.0185. The van der Waals surface area contributed by atoms with Crippen LogP contribution in [0.4, 0.5) is 23.4 Å². The maximum Gasteiger partial charge on any atom is 0.491 e. The number of benzene rings is 1. The molecule has 1 atom stereocenters. The zero-order valence-corrected chi connectivity index (χ0v) is 17.9. The maximum absolute atomic E-state index is 14.2. The lowest BCUT2D eigenvalue weighted by molar-refractivity contribution is -0.193. The van der Waals surface area contributed by atoms with Gasteiger partial charge in [0.15, 0.2) is 5.82 Å². The number of nitrogens with zero attached hydrogens (tertiary/aromatic N) is 2. The van der Waals surface area contributed by atoms with Gasteiger partial charge in [-0.3, -0.25) is 4.79 Å². The molecular weight excluding hydrogens is 490 g/mol. The van der Waals surface area contributed by atoms with Gasteiger partial charge < -0.3 is 19.9 Å². The monoisotopic (exact) mass is 505 g/mol. The minimum Gasteiger partial charge on any atom is -0.465 e. The highest BCUT2D eigenvalue weighted by molar-refractivity contribution is 6.30. The predicted molar refractivity (Wildman–Crippen MR) is 107 cm³/mol. The number of alkyl halides is 3. The van der Waals surface area contributed by atoms with Crippen LogP contribution in [-0.2, 0) is 19.1 Å². The summed E-state index contributed by atoms with van der Waals surface area (Å²) in [5, 5.41) is 19.8. The zero-order chi connectivity index (χ0) is 25.1. The normalized spacial score (nSPS) is 17.9. The van der Waals surface area contributed by atoms with Crippen molar-refractivity contribution in [2.45, 2.75) is 19.0 Å². The number of nitrogens with one attached hydrogen (secondary N) is 1. The summed E-state index contributed by atoms with van der Waals surface area (Å²) >= 11 is 5.84. The number of aromatic nitrogens is 2. The Morgan fingerprint density at radius 3 is 2.62 bits per heavy atom. The van der Waals surface area contributed by atoms with Crippen LogP contribution in [0.5, 0.6) is 0 Å². The lowest BCUT2D eigenvalue weighted by Gasteiger charge is -2.22. The fourth-order valence-electron chi connectivity index (χ4n) is 3.16. The average molecular weight is 506 g/mol. The number of hydrogen-bond donors (Lipinski definition) is 2. The van der Waals surface area contributed by atoms with Gasteiger partial charge >= 0.3 is 24.1 Å². The standard InChI is InChI=1S/C20H16ClF4N3O6/c21-10-1-2-13(22)11(7-10)14-8-12(16(30)34-18(32)20(23,24)25)15(28-27-14)26-5-3-19(9-29)4-6-33-17(19)31/h1-2,7-8,29H,3-6,9H2,(H,26,28). The Morgan fingerprint density at radius 2 is 2.00 bits per heavy atom. The van der Waals surface area contributed by atoms with Gasteiger partial charge in [-0.05, 0) is 37.1 Å². The van der Waals surface area contributed by atoms with Gasteiger partial charge in [-0.15, -0.1) is 10.2 Å². The molecule has 1 aliphatic heterocycles. The van der Waals surface area contributed by atoms with E-state index in [2.05, 4.69) is 20.3 Å². The molecule has 1 unspecified atom stereocenters. The van der Waals surface area contributed by atoms with Crippen molar-refractivity contribution < 1.29 is 46.5 Å². The summed E-state index contributed by atoms with van der Waals surface area (Å²) in [6.45, 7) is -0.500. The van der Waals surface area contributed by atoms with Crippen molar-refractivity contribution in [1.82, 2.24) is 10.2 Å². The Balaban J connectivity index is 1.91. The summed E-state index contributed by atoms with van der Waals surface area (Å²) in [4.78, 5) is 35.4. The number of cyclic esters (lactones) is 1. The molecule has 1 saturated heterocycles. The van der Waals surface area contributed by atoms with Gasteiger partial charge in [0.25, 0.3) is 0 Å². The Morgan fingerprint density at radius 1 is 1.26 bits per heavy atom. The summed E-state index contributed by atoms with van der Waals surface area (Å²) in [7, 11) is 0. The van der Waals surface area contributed by atoms with Crippen LogP contribution < -0.4 is 5.32 Å². The number of carbonyl (C=O) groups excluding carboxylic acids is 3. The van der Waals surface area contributed by atoms with Crippen LogP contribution in [0, 0.1) is 11.2 Å². The lowest BCUT2D eigenvalue weighted by Crippen LogP contribution is -2.33. The predicted octanol–water partition coefficient (Wildman–Crippen LogP) is 2.91. The molecule has 1 aromatic carbocycles. The fraction of sp³-hybridized carbons (Fsp3) is 0.350. The van der Waals surface area contributed by atoms with Crippen molar-refractivity contribution >= 4 is 35.3 Å². The molecule has 2 heterocycles. The quantitative estimate of drug-likeness (QED) is 0.331. The number of ether oxygens (including phenoxy) is 2. The molecule has 0 bridgehead atoms. The number of esters is 3. The minimum atomic E-state index is -5.44. The molecule has 0 amide bonds. The van der Waals surface area contributed by atoms with E-state index in [4.69, 9.17) is 16.3 Å². The third kappa shape index (κ3) is 5.42. The highest BCUT2D eigenvalue weighted by Crippen LogP contribution is 2.33. The third-order valence-electron chi connectivity index (χ3n) is 5.08. The molecule has 9 nitrogen and oxygen atoms in total. The zero-order valence-electron chi connectivity index (χ0n) is 17.1. The van der Waals surface area contributed by atoms with Crippen molar-refractivity contribution in [3.63, 3.8) is 0 Å².